The van der Waals surface area contributed by atoms with Crippen molar-refractivity contribution in [2.24, 2.45) is 0 Å². The molecule has 0 N–H and O–H groups in total. The van der Waals surface area contributed by atoms with Gasteiger partial charge in [-0.1, -0.05) is 6.92 Å². The van der Waals surface area contributed by atoms with E-state index in [4.69, 9.17) is 4.74 Å². The summed E-state index contributed by atoms with van der Waals surface area (Å²) in [5.74, 6) is 0.981. The number of carbonyl (C=O) groups excluding carboxylic acids is 1. The molecule has 0 aliphatic carbocycles. The van der Waals surface area contributed by atoms with E-state index in [1.165, 1.54) is 0 Å². The summed E-state index contributed by atoms with van der Waals surface area (Å²) in [4.78, 5) is 13.4. The fraction of sp³-hybridized carbons (Fsp3) is 0.462. The Morgan fingerprint density at radius 1 is 1.24 bits per heavy atom. The monoisotopic (exact) mass is 257 g/mol. The van der Waals surface area contributed by atoms with E-state index in [2.05, 4.69) is 4.90 Å². The zero-order valence-electron chi connectivity index (χ0n) is 10.6. The minimum Gasteiger partial charge on any atom is -0.492 e. The van der Waals surface area contributed by atoms with Gasteiger partial charge in [0, 0.05) is 18.5 Å². The zero-order valence-corrected chi connectivity index (χ0v) is 11.4. The molecule has 0 saturated carbocycles. The van der Waals surface area contributed by atoms with E-state index in [9.17, 15) is 4.79 Å². The average Bonchev–Trinajstić information content (AvgIpc) is 2.28. The van der Waals surface area contributed by atoms with E-state index in [0.717, 1.165) is 17.9 Å². The molecule has 4 heteroatoms. The summed E-state index contributed by atoms with van der Waals surface area (Å²) < 4.78 is 5.53. The predicted molar refractivity (Wildman–Crippen MR) is 72.4 cm³/mol. The van der Waals surface area contributed by atoms with Crippen LogP contribution < -0.4 is 4.74 Å². The smallest absolute Gasteiger partial charge is 0.162 e. The summed E-state index contributed by atoms with van der Waals surface area (Å²) in [5, 5.41) is 0. The highest BCUT2D eigenvalue weighted by molar-refractivity contribution is 5.95. The molecule has 17 heavy (non-hydrogen) atoms. The highest BCUT2D eigenvalue weighted by Gasteiger charge is 2.02. The number of rotatable bonds is 6. The zero-order chi connectivity index (χ0) is 12.0. The van der Waals surface area contributed by atoms with Gasteiger partial charge in [0.25, 0.3) is 0 Å². The van der Waals surface area contributed by atoms with Crippen molar-refractivity contribution in [3.8, 4) is 5.75 Å². The second-order valence-electron chi connectivity index (χ2n) is 3.95. The standard InChI is InChI=1S/C13H19NO2.ClH/c1-4-13(15)11-5-7-12(8-6-11)16-10-9-14(2)3;/h5-8H,4,9-10H2,1-3H3;1H. The summed E-state index contributed by atoms with van der Waals surface area (Å²) in [6.45, 7) is 3.41. The van der Waals surface area contributed by atoms with Crippen LogP contribution in [-0.2, 0) is 0 Å². The first-order valence-corrected chi connectivity index (χ1v) is 5.54. The molecule has 0 amide bonds. The first-order chi connectivity index (χ1) is 7.63. The molecule has 0 heterocycles. The average molecular weight is 258 g/mol. The summed E-state index contributed by atoms with van der Waals surface area (Å²) in [7, 11) is 4.01. The van der Waals surface area contributed by atoms with Crippen LogP contribution in [0.25, 0.3) is 0 Å². The Labute approximate surface area is 109 Å². The summed E-state index contributed by atoms with van der Waals surface area (Å²) >= 11 is 0. The molecule has 0 aliphatic rings. The van der Waals surface area contributed by atoms with Crippen molar-refractivity contribution < 1.29 is 9.53 Å². The topological polar surface area (TPSA) is 29.5 Å². The first kappa shape index (κ1) is 15.9. The van der Waals surface area contributed by atoms with Gasteiger partial charge in [0.05, 0.1) is 0 Å². The molecule has 1 aromatic rings. The molecule has 0 fully saturated rings. The molecule has 0 atom stereocenters. The minimum atomic E-state index is 0. The third kappa shape index (κ3) is 5.71. The first-order valence-electron chi connectivity index (χ1n) is 5.54. The lowest BCUT2D eigenvalue weighted by molar-refractivity contribution is 0.0988. The Bertz CT molecular complexity index is 336. The number of hydrogen-bond acceptors (Lipinski definition) is 3. The van der Waals surface area contributed by atoms with Crippen molar-refractivity contribution in [1.29, 1.82) is 0 Å². The minimum absolute atomic E-state index is 0. The maximum Gasteiger partial charge on any atom is 0.162 e. The van der Waals surface area contributed by atoms with Gasteiger partial charge in [0.2, 0.25) is 0 Å². The van der Waals surface area contributed by atoms with Gasteiger partial charge in [-0.15, -0.1) is 12.4 Å². The van der Waals surface area contributed by atoms with Crippen molar-refractivity contribution in [3.63, 3.8) is 0 Å². The molecule has 0 bridgehead atoms. The van der Waals surface area contributed by atoms with E-state index in [1.807, 2.05) is 45.3 Å². The Morgan fingerprint density at radius 2 is 1.82 bits per heavy atom. The number of ketones is 1. The van der Waals surface area contributed by atoms with Crippen LogP contribution in [0.5, 0.6) is 5.75 Å². The number of likely N-dealkylation sites (N-methyl/N-ethyl adjacent to an activating group) is 1. The lowest BCUT2D eigenvalue weighted by atomic mass is 10.1. The highest BCUT2D eigenvalue weighted by atomic mass is 35.5. The van der Waals surface area contributed by atoms with Gasteiger partial charge in [-0.3, -0.25) is 4.79 Å². The van der Waals surface area contributed by atoms with Gasteiger partial charge in [0.15, 0.2) is 5.78 Å². The molecule has 1 rings (SSSR count). The summed E-state index contributed by atoms with van der Waals surface area (Å²) in [6, 6.07) is 7.32. The molecular weight excluding hydrogens is 238 g/mol. The van der Waals surface area contributed by atoms with Gasteiger partial charge in [-0.2, -0.15) is 0 Å². The van der Waals surface area contributed by atoms with Crippen LogP contribution in [0, 0.1) is 0 Å². The largest absolute Gasteiger partial charge is 0.492 e. The number of Topliss-reactive ketones (excluding diaryl/α,β-unsaturated/α-hetero) is 1. The van der Waals surface area contributed by atoms with Crippen LogP contribution in [0.2, 0.25) is 0 Å². The molecular formula is C13H20ClNO2. The van der Waals surface area contributed by atoms with Crippen LogP contribution in [0.15, 0.2) is 24.3 Å². The molecule has 0 saturated heterocycles. The van der Waals surface area contributed by atoms with Gasteiger partial charge >= 0.3 is 0 Å². The second kappa shape index (κ2) is 8.09. The van der Waals surface area contributed by atoms with Crippen LogP contribution in [0.4, 0.5) is 0 Å². The van der Waals surface area contributed by atoms with E-state index < -0.39 is 0 Å². The summed E-state index contributed by atoms with van der Waals surface area (Å²) in [5.41, 5.74) is 0.752. The van der Waals surface area contributed by atoms with Gasteiger partial charge in [0.1, 0.15) is 12.4 Å². The molecule has 0 unspecified atom stereocenters. The van der Waals surface area contributed by atoms with Crippen LogP contribution in [-0.4, -0.2) is 37.9 Å². The summed E-state index contributed by atoms with van der Waals surface area (Å²) in [6.07, 6.45) is 0.542. The molecule has 1 aromatic carbocycles. The van der Waals surface area contributed by atoms with Crippen molar-refractivity contribution in [3.05, 3.63) is 29.8 Å². The fourth-order valence-electron chi connectivity index (χ4n) is 1.29. The lowest BCUT2D eigenvalue weighted by Gasteiger charge is -2.11. The molecule has 0 aromatic heterocycles. The van der Waals surface area contributed by atoms with Crippen molar-refractivity contribution >= 4 is 18.2 Å². The maximum atomic E-state index is 11.4. The van der Waals surface area contributed by atoms with E-state index in [-0.39, 0.29) is 18.2 Å². The Balaban J connectivity index is 0.00000256. The Hall–Kier alpha value is -1.06. The normalized spacial score (nSPS) is 9.88. The molecule has 3 nitrogen and oxygen atoms in total. The number of nitrogens with zero attached hydrogens (tertiary/aromatic N) is 1. The number of benzene rings is 1. The lowest BCUT2D eigenvalue weighted by Crippen LogP contribution is -2.19. The molecule has 0 spiro atoms. The second-order valence-corrected chi connectivity index (χ2v) is 3.95. The van der Waals surface area contributed by atoms with E-state index in [0.29, 0.717) is 13.0 Å². The molecule has 0 radical (unpaired) electrons. The predicted octanol–water partition coefficient (Wildman–Crippen LogP) is 2.64. The number of carbonyl (C=O) groups is 1. The SMILES string of the molecule is CCC(=O)c1ccc(OCCN(C)C)cc1.Cl. The van der Waals surface area contributed by atoms with Gasteiger partial charge in [-0.25, -0.2) is 0 Å². The van der Waals surface area contributed by atoms with Crippen LogP contribution in [0.1, 0.15) is 23.7 Å². The highest BCUT2D eigenvalue weighted by Crippen LogP contribution is 2.13. The quantitative estimate of drug-likeness (QED) is 0.734. The molecule has 0 aliphatic heterocycles. The Kier molecular flexibility index (Phi) is 7.59. The van der Waals surface area contributed by atoms with Crippen molar-refractivity contribution in [2.75, 3.05) is 27.2 Å². The van der Waals surface area contributed by atoms with Gasteiger partial charge in [-0.05, 0) is 38.4 Å². The van der Waals surface area contributed by atoms with Crippen molar-refractivity contribution in [2.45, 2.75) is 13.3 Å². The van der Waals surface area contributed by atoms with E-state index >= 15 is 0 Å². The van der Waals surface area contributed by atoms with Gasteiger partial charge < -0.3 is 9.64 Å². The number of hydrogen-bond donors (Lipinski definition) is 0. The van der Waals surface area contributed by atoms with E-state index in [1.54, 1.807) is 0 Å². The third-order valence-corrected chi connectivity index (χ3v) is 2.30. The van der Waals surface area contributed by atoms with Crippen LogP contribution >= 0.6 is 12.4 Å². The molecule has 96 valence electrons. The number of halogens is 1. The van der Waals surface area contributed by atoms with Crippen molar-refractivity contribution in [1.82, 2.24) is 4.90 Å². The number of ether oxygens (including phenoxy) is 1. The third-order valence-electron chi connectivity index (χ3n) is 2.30. The van der Waals surface area contributed by atoms with Crippen LogP contribution in [0.3, 0.4) is 0 Å². The fourth-order valence-corrected chi connectivity index (χ4v) is 1.29. The maximum absolute atomic E-state index is 11.4. The Morgan fingerprint density at radius 3 is 2.29 bits per heavy atom.